The lowest BCUT2D eigenvalue weighted by atomic mass is 10.1. The first kappa shape index (κ1) is 16.9. The van der Waals surface area contributed by atoms with Gasteiger partial charge in [-0.25, -0.2) is 0 Å². The lowest BCUT2D eigenvalue weighted by Gasteiger charge is -2.11. The van der Waals surface area contributed by atoms with E-state index < -0.39 is 12.2 Å². The number of aliphatic carboxylic acids is 1. The molecule has 0 fully saturated rings. The fourth-order valence-corrected chi connectivity index (χ4v) is 1.53. The topological polar surface area (TPSA) is 116 Å². The summed E-state index contributed by atoms with van der Waals surface area (Å²) in [4.78, 5) is 21.5. The minimum atomic E-state index is -0.757. The van der Waals surface area contributed by atoms with Gasteiger partial charge in [-0.15, -0.1) is 0 Å². The third-order valence-corrected chi connectivity index (χ3v) is 2.51. The SMILES string of the molecule is NCCC(N)OC(=O)CCCCCCCC(=O)O. The number of carbonyl (C=O) groups is 2. The zero-order valence-electron chi connectivity index (χ0n) is 10.8. The molecule has 0 amide bonds. The van der Waals surface area contributed by atoms with Gasteiger partial charge in [0.25, 0.3) is 0 Å². The highest BCUT2D eigenvalue weighted by Crippen LogP contribution is 2.08. The summed E-state index contributed by atoms with van der Waals surface area (Å²) in [6.07, 6.45) is 4.62. The molecule has 0 spiro atoms. The second kappa shape index (κ2) is 11.0. The number of esters is 1. The van der Waals surface area contributed by atoms with Gasteiger partial charge in [-0.05, 0) is 19.4 Å². The van der Waals surface area contributed by atoms with E-state index >= 15 is 0 Å². The van der Waals surface area contributed by atoms with Gasteiger partial charge in [-0.2, -0.15) is 0 Å². The van der Waals surface area contributed by atoms with Gasteiger partial charge in [-0.3, -0.25) is 15.3 Å². The zero-order valence-corrected chi connectivity index (χ0v) is 10.8. The fourth-order valence-electron chi connectivity index (χ4n) is 1.53. The Hall–Kier alpha value is -1.14. The molecule has 106 valence electrons. The smallest absolute Gasteiger partial charge is 0.307 e. The summed E-state index contributed by atoms with van der Waals surface area (Å²) in [7, 11) is 0. The van der Waals surface area contributed by atoms with Crippen molar-refractivity contribution < 1.29 is 19.4 Å². The van der Waals surface area contributed by atoms with Crippen LogP contribution in [0.25, 0.3) is 0 Å². The van der Waals surface area contributed by atoms with Crippen molar-refractivity contribution in [2.75, 3.05) is 6.54 Å². The minimum absolute atomic E-state index is 0.218. The number of hydrogen-bond donors (Lipinski definition) is 3. The van der Waals surface area contributed by atoms with Gasteiger partial charge in [0, 0.05) is 19.3 Å². The van der Waals surface area contributed by atoms with Crippen molar-refractivity contribution in [3.63, 3.8) is 0 Å². The number of unbranched alkanes of at least 4 members (excludes halogenated alkanes) is 4. The van der Waals surface area contributed by atoms with E-state index in [-0.39, 0.29) is 12.4 Å². The van der Waals surface area contributed by atoms with E-state index in [1.165, 1.54) is 0 Å². The van der Waals surface area contributed by atoms with Crippen LogP contribution in [0, 0.1) is 0 Å². The van der Waals surface area contributed by atoms with Crippen molar-refractivity contribution in [1.82, 2.24) is 0 Å². The summed E-state index contributed by atoms with van der Waals surface area (Å²) < 4.78 is 4.93. The Morgan fingerprint density at radius 2 is 1.61 bits per heavy atom. The van der Waals surface area contributed by atoms with E-state index in [0.29, 0.717) is 25.8 Å². The van der Waals surface area contributed by atoms with Crippen LogP contribution in [0.2, 0.25) is 0 Å². The second-order valence-electron chi connectivity index (χ2n) is 4.27. The Morgan fingerprint density at radius 1 is 1.06 bits per heavy atom. The maximum absolute atomic E-state index is 11.3. The number of hydrogen-bond acceptors (Lipinski definition) is 5. The van der Waals surface area contributed by atoms with Gasteiger partial charge < -0.3 is 15.6 Å². The Labute approximate surface area is 108 Å². The molecule has 18 heavy (non-hydrogen) atoms. The van der Waals surface area contributed by atoms with Crippen LogP contribution in [0.5, 0.6) is 0 Å². The molecule has 5 N–H and O–H groups in total. The standard InChI is InChI=1S/C12H24N2O4/c13-9-8-10(14)18-12(17)7-5-3-1-2-4-6-11(15)16/h10H,1-9,13-14H2,(H,15,16). The molecule has 0 aromatic carbocycles. The molecule has 0 saturated carbocycles. The van der Waals surface area contributed by atoms with Crippen molar-refractivity contribution in [3.8, 4) is 0 Å². The van der Waals surface area contributed by atoms with E-state index in [0.717, 1.165) is 25.7 Å². The van der Waals surface area contributed by atoms with E-state index in [9.17, 15) is 9.59 Å². The number of carboxylic acid groups (broad SMARTS) is 1. The molecule has 0 aliphatic rings. The molecule has 0 bridgehead atoms. The molecular weight excluding hydrogens is 236 g/mol. The summed E-state index contributed by atoms with van der Waals surface area (Å²) in [5.41, 5.74) is 10.8. The Kier molecular flexibility index (Phi) is 10.3. The van der Waals surface area contributed by atoms with E-state index in [2.05, 4.69) is 0 Å². The second-order valence-corrected chi connectivity index (χ2v) is 4.27. The molecule has 0 aromatic heterocycles. The zero-order chi connectivity index (χ0) is 13.8. The average molecular weight is 260 g/mol. The molecule has 6 heteroatoms. The predicted molar refractivity (Wildman–Crippen MR) is 67.7 cm³/mol. The normalized spacial score (nSPS) is 12.1. The first-order chi connectivity index (χ1) is 8.56. The highest BCUT2D eigenvalue weighted by Gasteiger charge is 2.08. The van der Waals surface area contributed by atoms with Gasteiger partial charge in [-0.1, -0.05) is 19.3 Å². The van der Waals surface area contributed by atoms with E-state index in [4.69, 9.17) is 21.3 Å². The molecule has 0 aliphatic carbocycles. The summed E-state index contributed by atoms with van der Waals surface area (Å²) in [6.45, 7) is 0.401. The van der Waals surface area contributed by atoms with Crippen LogP contribution in [-0.2, 0) is 14.3 Å². The molecule has 0 rings (SSSR count). The van der Waals surface area contributed by atoms with Gasteiger partial charge in [0.15, 0.2) is 6.23 Å². The monoisotopic (exact) mass is 260 g/mol. The molecule has 6 nitrogen and oxygen atoms in total. The molecule has 0 saturated heterocycles. The molecule has 1 unspecified atom stereocenters. The highest BCUT2D eigenvalue weighted by molar-refractivity contribution is 5.69. The first-order valence-electron chi connectivity index (χ1n) is 6.43. The van der Waals surface area contributed by atoms with Crippen LogP contribution in [0.1, 0.15) is 51.4 Å². The highest BCUT2D eigenvalue weighted by atomic mass is 16.6. The van der Waals surface area contributed by atoms with E-state index in [1.807, 2.05) is 0 Å². The van der Waals surface area contributed by atoms with E-state index in [1.54, 1.807) is 0 Å². The quantitative estimate of drug-likeness (QED) is 0.290. The van der Waals surface area contributed by atoms with Crippen molar-refractivity contribution in [2.24, 2.45) is 11.5 Å². The Morgan fingerprint density at radius 3 is 2.17 bits per heavy atom. The average Bonchev–Trinajstić information content (AvgIpc) is 2.27. The largest absolute Gasteiger partial charge is 0.481 e. The number of carbonyl (C=O) groups excluding carboxylic acids is 1. The lowest BCUT2D eigenvalue weighted by Crippen LogP contribution is -2.29. The number of nitrogens with two attached hydrogens (primary N) is 2. The van der Waals surface area contributed by atoms with Gasteiger partial charge in [0.2, 0.25) is 0 Å². The van der Waals surface area contributed by atoms with Crippen molar-refractivity contribution in [3.05, 3.63) is 0 Å². The summed E-state index contributed by atoms with van der Waals surface area (Å²) >= 11 is 0. The van der Waals surface area contributed by atoms with Gasteiger partial charge >= 0.3 is 11.9 Å². The van der Waals surface area contributed by atoms with Crippen LogP contribution in [0.15, 0.2) is 0 Å². The molecule has 0 radical (unpaired) electrons. The number of ether oxygens (including phenoxy) is 1. The van der Waals surface area contributed by atoms with Crippen molar-refractivity contribution >= 4 is 11.9 Å². The maximum Gasteiger partial charge on any atom is 0.307 e. The molecule has 0 heterocycles. The van der Waals surface area contributed by atoms with Crippen molar-refractivity contribution in [1.29, 1.82) is 0 Å². The third-order valence-electron chi connectivity index (χ3n) is 2.51. The van der Waals surface area contributed by atoms with Crippen LogP contribution in [0.4, 0.5) is 0 Å². The molecular formula is C12H24N2O4. The number of rotatable bonds is 11. The van der Waals surface area contributed by atoms with Gasteiger partial charge in [0.1, 0.15) is 0 Å². The first-order valence-corrected chi connectivity index (χ1v) is 6.43. The molecule has 1 atom stereocenters. The Balaban J connectivity index is 3.32. The van der Waals surface area contributed by atoms with Crippen LogP contribution in [-0.4, -0.2) is 29.8 Å². The van der Waals surface area contributed by atoms with Crippen LogP contribution in [0.3, 0.4) is 0 Å². The van der Waals surface area contributed by atoms with Crippen molar-refractivity contribution in [2.45, 2.75) is 57.6 Å². The predicted octanol–water partition coefficient (Wildman–Crippen LogP) is 0.978. The number of carboxylic acids is 1. The lowest BCUT2D eigenvalue weighted by molar-refractivity contribution is -0.149. The summed E-state index contributed by atoms with van der Waals surface area (Å²) in [5.74, 6) is -1.05. The fraction of sp³-hybridized carbons (Fsp3) is 0.833. The minimum Gasteiger partial charge on any atom is -0.481 e. The van der Waals surface area contributed by atoms with Crippen LogP contribution < -0.4 is 11.5 Å². The third kappa shape index (κ3) is 11.3. The summed E-state index contributed by atoms with van der Waals surface area (Å²) in [6, 6.07) is 0. The van der Waals surface area contributed by atoms with Gasteiger partial charge in [0.05, 0.1) is 0 Å². The van der Waals surface area contributed by atoms with Crippen LogP contribution >= 0.6 is 0 Å². The molecule has 0 aromatic rings. The summed E-state index contributed by atoms with van der Waals surface area (Å²) in [5, 5.41) is 8.43. The maximum atomic E-state index is 11.3. The molecule has 0 aliphatic heterocycles. The Bertz CT molecular complexity index is 246.